The van der Waals surface area contributed by atoms with Gasteiger partial charge in [0, 0.05) is 37.8 Å². The number of hydrogen-bond acceptors (Lipinski definition) is 3. The van der Waals surface area contributed by atoms with Gasteiger partial charge in [0.15, 0.2) is 0 Å². The number of aromatic nitrogens is 2. The van der Waals surface area contributed by atoms with E-state index in [1.54, 1.807) is 6.20 Å². The van der Waals surface area contributed by atoms with Crippen LogP contribution in [0.25, 0.3) is 0 Å². The number of nitrogens with zero attached hydrogens (tertiary/aromatic N) is 2. The van der Waals surface area contributed by atoms with Crippen molar-refractivity contribution in [2.45, 2.75) is 57.4 Å². The van der Waals surface area contributed by atoms with Crippen LogP contribution in [0.2, 0.25) is 0 Å². The molecule has 1 aromatic heterocycles. The van der Waals surface area contributed by atoms with Crippen molar-refractivity contribution >= 4 is 11.8 Å². The van der Waals surface area contributed by atoms with Crippen LogP contribution in [0.15, 0.2) is 12.3 Å². The molecule has 2 amide bonds. The second-order valence-corrected chi connectivity index (χ2v) is 6.86. The summed E-state index contributed by atoms with van der Waals surface area (Å²) in [5, 5.41) is 9.96. The lowest BCUT2D eigenvalue weighted by molar-refractivity contribution is -0.138. The summed E-state index contributed by atoms with van der Waals surface area (Å²) in [5.41, 5.74) is 1.10. The largest absolute Gasteiger partial charge is 0.344 e. The van der Waals surface area contributed by atoms with Gasteiger partial charge in [0.2, 0.25) is 11.8 Å². The van der Waals surface area contributed by atoms with Crippen LogP contribution in [0.5, 0.6) is 0 Å². The van der Waals surface area contributed by atoms with Crippen molar-refractivity contribution in [3.05, 3.63) is 18.0 Å². The normalized spacial score (nSPS) is 23.7. The highest BCUT2D eigenvalue weighted by Crippen LogP contribution is 2.31. The fourth-order valence-electron chi connectivity index (χ4n) is 4.01. The molecule has 2 atom stereocenters. The monoisotopic (exact) mass is 318 g/mol. The maximum atomic E-state index is 13.0. The molecule has 6 nitrogen and oxygen atoms in total. The quantitative estimate of drug-likeness (QED) is 0.889. The van der Waals surface area contributed by atoms with Crippen LogP contribution in [0.4, 0.5) is 0 Å². The molecule has 0 unspecified atom stereocenters. The number of likely N-dealkylation sites (tertiary alicyclic amines) is 1. The van der Waals surface area contributed by atoms with E-state index in [0.717, 1.165) is 50.8 Å². The van der Waals surface area contributed by atoms with E-state index in [-0.39, 0.29) is 17.9 Å². The smallest absolute Gasteiger partial charge is 0.245 e. The summed E-state index contributed by atoms with van der Waals surface area (Å²) in [4.78, 5) is 26.5. The van der Waals surface area contributed by atoms with Gasteiger partial charge in [0.1, 0.15) is 6.04 Å². The van der Waals surface area contributed by atoms with Crippen LogP contribution in [0.1, 0.15) is 57.1 Å². The molecule has 0 bridgehead atoms. The lowest BCUT2D eigenvalue weighted by Gasteiger charge is -2.36. The highest BCUT2D eigenvalue weighted by molar-refractivity contribution is 5.87. The number of carbonyl (C=O) groups excluding carboxylic acids is 2. The SMILES string of the molecule is CC(=O)N[C@@H](C(=O)N1CCC[C@@H](c2ccn[nH]2)C1)C1CCCC1. The van der Waals surface area contributed by atoms with Crippen LogP contribution < -0.4 is 5.32 Å². The maximum absolute atomic E-state index is 13.0. The molecule has 0 radical (unpaired) electrons. The molecule has 0 spiro atoms. The molecule has 6 heteroatoms. The van der Waals surface area contributed by atoms with Crippen molar-refractivity contribution in [3.63, 3.8) is 0 Å². The first kappa shape index (κ1) is 16.0. The van der Waals surface area contributed by atoms with E-state index in [4.69, 9.17) is 0 Å². The Morgan fingerprint density at radius 2 is 2.09 bits per heavy atom. The van der Waals surface area contributed by atoms with Gasteiger partial charge in [0.25, 0.3) is 0 Å². The number of rotatable bonds is 4. The van der Waals surface area contributed by atoms with Crippen LogP contribution >= 0.6 is 0 Å². The Balaban J connectivity index is 1.69. The van der Waals surface area contributed by atoms with Crippen molar-refractivity contribution in [2.75, 3.05) is 13.1 Å². The van der Waals surface area contributed by atoms with E-state index in [1.807, 2.05) is 11.0 Å². The molecule has 2 N–H and O–H groups in total. The van der Waals surface area contributed by atoms with Gasteiger partial charge in [-0.15, -0.1) is 0 Å². The Labute approximate surface area is 137 Å². The molecule has 1 saturated heterocycles. The Kier molecular flexibility index (Phi) is 4.98. The lowest BCUT2D eigenvalue weighted by atomic mass is 9.92. The van der Waals surface area contributed by atoms with Crippen molar-refractivity contribution in [1.29, 1.82) is 0 Å². The summed E-state index contributed by atoms with van der Waals surface area (Å²) in [6, 6.07) is 1.64. The van der Waals surface area contributed by atoms with Crippen LogP contribution in [0.3, 0.4) is 0 Å². The lowest BCUT2D eigenvalue weighted by Crippen LogP contribution is -2.53. The van der Waals surface area contributed by atoms with Crippen LogP contribution in [0, 0.1) is 5.92 Å². The first-order valence-electron chi connectivity index (χ1n) is 8.70. The summed E-state index contributed by atoms with van der Waals surface area (Å²) in [6.45, 7) is 2.99. The predicted octanol–water partition coefficient (Wildman–Crippen LogP) is 1.81. The van der Waals surface area contributed by atoms with E-state index in [0.29, 0.717) is 18.4 Å². The highest BCUT2D eigenvalue weighted by atomic mass is 16.2. The zero-order valence-electron chi connectivity index (χ0n) is 13.8. The fraction of sp³-hybridized carbons (Fsp3) is 0.706. The predicted molar refractivity (Wildman–Crippen MR) is 86.7 cm³/mol. The first-order valence-corrected chi connectivity index (χ1v) is 8.70. The van der Waals surface area contributed by atoms with Gasteiger partial charge in [-0.05, 0) is 37.7 Å². The van der Waals surface area contributed by atoms with Crippen molar-refractivity contribution in [1.82, 2.24) is 20.4 Å². The van der Waals surface area contributed by atoms with Gasteiger partial charge in [-0.25, -0.2) is 0 Å². The van der Waals surface area contributed by atoms with E-state index in [1.165, 1.54) is 6.92 Å². The number of piperidine rings is 1. The zero-order valence-corrected chi connectivity index (χ0v) is 13.8. The average Bonchev–Trinajstić information content (AvgIpc) is 3.25. The minimum atomic E-state index is -0.351. The number of H-pyrrole nitrogens is 1. The molecule has 1 aromatic rings. The molecule has 3 rings (SSSR count). The minimum Gasteiger partial charge on any atom is -0.344 e. The molecule has 2 heterocycles. The van der Waals surface area contributed by atoms with Gasteiger partial charge in [-0.2, -0.15) is 5.10 Å². The number of aromatic amines is 1. The third-order valence-electron chi connectivity index (χ3n) is 5.19. The van der Waals surface area contributed by atoms with Crippen LogP contribution in [-0.4, -0.2) is 46.0 Å². The second kappa shape index (κ2) is 7.15. The molecule has 126 valence electrons. The minimum absolute atomic E-state index is 0.0938. The Morgan fingerprint density at radius 1 is 1.30 bits per heavy atom. The molecule has 1 aliphatic carbocycles. The second-order valence-electron chi connectivity index (χ2n) is 6.86. The fourth-order valence-corrected chi connectivity index (χ4v) is 4.01. The van der Waals surface area contributed by atoms with Crippen molar-refractivity contribution in [2.24, 2.45) is 5.92 Å². The Hall–Kier alpha value is -1.85. The summed E-state index contributed by atoms with van der Waals surface area (Å²) < 4.78 is 0. The standard InChI is InChI=1S/C17H26N4O2/c1-12(22)19-16(13-5-2-3-6-13)17(23)21-10-4-7-14(11-21)15-8-9-18-20-15/h8-9,13-14,16H,2-7,10-11H2,1H3,(H,18,20)(H,19,22)/t14-,16-/m1/s1. The number of carbonyl (C=O) groups is 2. The molecule has 23 heavy (non-hydrogen) atoms. The Bertz CT molecular complexity index is 537. The van der Waals surface area contributed by atoms with Crippen molar-refractivity contribution < 1.29 is 9.59 Å². The molecule has 1 saturated carbocycles. The van der Waals surface area contributed by atoms with Gasteiger partial charge in [-0.3, -0.25) is 14.7 Å². The summed E-state index contributed by atoms with van der Waals surface area (Å²) in [6.07, 6.45) is 8.21. The van der Waals surface area contributed by atoms with E-state index in [9.17, 15) is 9.59 Å². The maximum Gasteiger partial charge on any atom is 0.245 e. The summed E-state index contributed by atoms with van der Waals surface area (Å²) in [5.74, 6) is 0.587. The average molecular weight is 318 g/mol. The van der Waals surface area contributed by atoms with Gasteiger partial charge < -0.3 is 10.2 Å². The first-order chi connectivity index (χ1) is 11.1. The van der Waals surface area contributed by atoms with Gasteiger partial charge in [-0.1, -0.05) is 12.8 Å². The third-order valence-corrected chi connectivity index (χ3v) is 5.19. The molecule has 2 fully saturated rings. The third kappa shape index (κ3) is 3.74. The van der Waals surface area contributed by atoms with Crippen molar-refractivity contribution in [3.8, 4) is 0 Å². The molecular weight excluding hydrogens is 292 g/mol. The molecule has 1 aliphatic heterocycles. The molecular formula is C17H26N4O2. The topological polar surface area (TPSA) is 78.1 Å². The summed E-state index contributed by atoms with van der Waals surface area (Å²) >= 11 is 0. The number of amides is 2. The number of hydrogen-bond donors (Lipinski definition) is 2. The van der Waals surface area contributed by atoms with E-state index < -0.39 is 0 Å². The number of nitrogens with one attached hydrogen (secondary N) is 2. The summed E-state index contributed by atoms with van der Waals surface area (Å²) in [7, 11) is 0. The zero-order chi connectivity index (χ0) is 16.2. The van der Waals surface area contributed by atoms with Gasteiger partial charge >= 0.3 is 0 Å². The van der Waals surface area contributed by atoms with Crippen LogP contribution in [-0.2, 0) is 9.59 Å². The van der Waals surface area contributed by atoms with E-state index in [2.05, 4.69) is 15.5 Å². The Morgan fingerprint density at radius 3 is 2.74 bits per heavy atom. The highest BCUT2D eigenvalue weighted by Gasteiger charge is 2.36. The molecule has 0 aromatic carbocycles. The van der Waals surface area contributed by atoms with Gasteiger partial charge in [0.05, 0.1) is 0 Å². The molecule has 2 aliphatic rings. The van der Waals surface area contributed by atoms with E-state index >= 15 is 0 Å².